The minimum atomic E-state index is 0. The summed E-state index contributed by atoms with van der Waals surface area (Å²) < 4.78 is 0. The quantitative estimate of drug-likeness (QED) is 0.696. The zero-order valence-electron chi connectivity index (χ0n) is 13.1. The maximum Gasteiger partial charge on any atom is 0.149 e. The first kappa shape index (κ1) is 15.8. The first-order valence-electron chi connectivity index (χ1n) is 7.58. The van der Waals surface area contributed by atoms with E-state index in [4.69, 9.17) is 0 Å². The Morgan fingerprint density at radius 1 is 0.520 bits per heavy atom. The minimum Gasteiger partial charge on any atom is -0.283 e. The van der Waals surface area contributed by atoms with Gasteiger partial charge in [-0.1, -0.05) is 0 Å². The average Bonchev–Trinajstić information content (AvgIpc) is 3.32. The molecule has 1 radical (unpaired) electrons. The maximum atomic E-state index is 4.58. The van der Waals surface area contributed by atoms with E-state index in [0.29, 0.717) is 11.7 Å². The molecule has 7 heteroatoms. The third kappa shape index (κ3) is 3.28. The number of amidine groups is 1. The van der Waals surface area contributed by atoms with Crippen LogP contribution in [0.25, 0.3) is 0 Å². The van der Waals surface area contributed by atoms with Crippen molar-refractivity contribution in [1.29, 1.82) is 0 Å². The molecule has 5 aliphatic heterocycles. The summed E-state index contributed by atoms with van der Waals surface area (Å²) in [7, 11) is 0. The summed E-state index contributed by atoms with van der Waals surface area (Å²) in [5.74, 6) is 1.43. The summed E-state index contributed by atoms with van der Waals surface area (Å²) in [6.45, 7) is 0. The first-order valence-corrected chi connectivity index (χ1v) is 7.58. The van der Waals surface area contributed by atoms with Gasteiger partial charge < -0.3 is 0 Å². The normalized spacial score (nSPS) is 21.8. The van der Waals surface area contributed by atoms with Gasteiger partial charge in [-0.25, -0.2) is 20.0 Å². The van der Waals surface area contributed by atoms with Gasteiger partial charge in [0.25, 0.3) is 0 Å². The molecule has 0 aliphatic carbocycles. The van der Waals surface area contributed by atoms with Crippen molar-refractivity contribution in [3.63, 3.8) is 0 Å². The Morgan fingerprint density at radius 2 is 1.04 bits per heavy atom. The van der Waals surface area contributed by atoms with Crippen molar-refractivity contribution < 1.29 is 25.8 Å². The zero-order valence-corrected chi connectivity index (χ0v) is 14.9. The molecule has 0 aromatic rings. The van der Waals surface area contributed by atoms with Gasteiger partial charge in [-0.3, -0.25) is 10.9 Å². The SMILES string of the molecule is C1=CC2=NC1=CC1=NC(=CC3=NC(=CC4=NC(=C2)C=C4)NN3)C=C1.[Sc]. The van der Waals surface area contributed by atoms with Crippen LogP contribution in [0.2, 0.25) is 0 Å². The van der Waals surface area contributed by atoms with Gasteiger partial charge in [-0.15, -0.1) is 0 Å². The Kier molecular flexibility index (Phi) is 4.01. The number of aliphatic imine (C=N–C) groups is 4. The predicted molar refractivity (Wildman–Crippen MR) is 95.8 cm³/mol. The van der Waals surface area contributed by atoms with Crippen molar-refractivity contribution in [3.05, 3.63) is 83.7 Å². The summed E-state index contributed by atoms with van der Waals surface area (Å²) in [5, 5.41) is 0. The molecule has 0 spiro atoms. The van der Waals surface area contributed by atoms with E-state index in [1.807, 2.05) is 60.8 Å². The van der Waals surface area contributed by atoms with E-state index in [2.05, 4.69) is 30.8 Å². The topological polar surface area (TPSA) is 73.5 Å². The minimum absolute atomic E-state index is 0. The number of rotatable bonds is 0. The fraction of sp³-hybridized carbons (Fsp3) is 0. The van der Waals surface area contributed by atoms with Crippen LogP contribution in [0.15, 0.2) is 104 Å². The van der Waals surface area contributed by atoms with E-state index in [-0.39, 0.29) is 25.8 Å². The van der Waals surface area contributed by atoms with Gasteiger partial charge in [0.05, 0.1) is 34.2 Å². The molecule has 0 amide bonds. The van der Waals surface area contributed by atoms with E-state index in [0.717, 1.165) is 34.2 Å². The summed E-state index contributed by atoms with van der Waals surface area (Å²) in [6, 6.07) is 0. The van der Waals surface area contributed by atoms with Gasteiger partial charge in [0.15, 0.2) is 0 Å². The smallest absolute Gasteiger partial charge is 0.149 e. The van der Waals surface area contributed by atoms with Crippen LogP contribution in [0.4, 0.5) is 0 Å². The van der Waals surface area contributed by atoms with Crippen LogP contribution in [0.5, 0.6) is 0 Å². The van der Waals surface area contributed by atoms with Gasteiger partial charge in [0, 0.05) is 38.0 Å². The fourth-order valence-electron chi connectivity index (χ4n) is 2.70. The number of nitrogens with zero attached hydrogens (tertiary/aromatic N) is 4. The standard InChI is InChI=1S/C18H12N6.Sc/c1-2-12-8-14-4-6-16(21-14)10-18-22-17(23-24-18)9-15-5-3-13(20-15)7-11(1)19-12;/h1-10H,(H2,22,23,24);. The second-order valence-electron chi connectivity index (χ2n) is 5.59. The van der Waals surface area contributed by atoms with E-state index in [1.54, 1.807) is 0 Å². The monoisotopic (exact) mass is 357 g/mol. The second kappa shape index (κ2) is 6.33. The predicted octanol–water partition coefficient (Wildman–Crippen LogP) is 2.03. The number of hydrogen-bond donors (Lipinski definition) is 2. The summed E-state index contributed by atoms with van der Waals surface area (Å²) in [6.07, 6.45) is 19.5. The molecule has 0 atom stereocenters. The summed E-state index contributed by atoms with van der Waals surface area (Å²) in [5.41, 5.74) is 11.2. The fourth-order valence-corrected chi connectivity index (χ4v) is 2.70. The Balaban J connectivity index is 0.00000157. The molecular formula is C18H12N6Sc. The van der Waals surface area contributed by atoms with Crippen LogP contribution in [0, 0.1) is 0 Å². The van der Waals surface area contributed by atoms with Crippen molar-refractivity contribution >= 4 is 23.0 Å². The van der Waals surface area contributed by atoms with Crippen LogP contribution >= 0.6 is 0 Å². The molecule has 5 aliphatic rings. The Morgan fingerprint density at radius 3 is 1.64 bits per heavy atom. The molecule has 0 aromatic carbocycles. The molecule has 5 heterocycles. The van der Waals surface area contributed by atoms with E-state index >= 15 is 0 Å². The molecule has 6 nitrogen and oxygen atoms in total. The molecule has 0 saturated heterocycles. The van der Waals surface area contributed by atoms with Crippen LogP contribution < -0.4 is 10.9 Å². The molecule has 0 unspecified atom stereocenters. The Hall–Kier alpha value is -2.67. The van der Waals surface area contributed by atoms with E-state index < -0.39 is 0 Å². The molecule has 25 heavy (non-hydrogen) atoms. The average molecular weight is 357 g/mol. The zero-order chi connectivity index (χ0) is 15.9. The first-order chi connectivity index (χ1) is 11.8. The van der Waals surface area contributed by atoms with Gasteiger partial charge in [0.2, 0.25) is 0 Å². The van der Waals surface area contributed by atoms with Gasteiger partial charge in [-0.2, -0.15) is 0 Å². The van der Waals surface area contributed by atoms with Gasteiger partial charge in [0.1, 0.15) is 11.7 Å². The van der Waals surface area contributed by atoms with Gasteiger partial charge >= 0.3 is 0 Å². The molecule has 2 N–H and O–H groups in total. The van der Waals surface area contributed by atoms with Gasteiger partial charge in [-0.05, 0) is 48.6 Å². The molecule has 0 saturated carbocycles. The molecule has 0 fully saturated rings. The van der Waals surface area contributed by atoms with Crippen molar-refractivity contribution in [2.75, 3.05) is 0 Å². The van der Waals surface area contributed by atoms with E-state index in [1.165, 1.54) is 0 Å². The maximum absolute atomic E-state index is 4.58. The number of fused-ring (bicyclic) bond motifs is 4. The van der Waals surface area contributed by atoms with Crippen LogP contribution in [-0.4, -0.2) is 23.0 Å². The molecule has 0 aromatic heterocycles. The van der Waals surface area contributed by atoms with Crippen LogP contribution in [-0.2, 0) is 25.8 Å². The van der Waals surface area contributed by atoms with Crippen LogP contribution in [0.3, 0.4) is 0 Å². The molecule has 8 bridgehead atoms. The summed E-state index contributed by atoms with van der Waals surface area (Å²) >= 11 is 0. The number of nitrogens with one attached hydrogen (secondary N) is 2. The van der Waals surface area contributed by atoms with Crippen molar-refractivity contribution in [2.24, 2.45) is 20.0 Å². The van der Waals surface area contributed by atoms with Crippen molar-refractivity contribution in [1.82, 2.24) is 10.9 Å². The number of hydrogen-bond acceptors (Lipinski definition) is 6. The largest absolute Gasteiger partial charge is 0.283 e. The second-order valence-corrected chi connectivity index (χ2v) is 5.59. The third-order valence-electron chi connectivity index (χ3n) is 3.77. The Bertz CT molecular complexity index is 993. The molecular weight excluding hydrogens is 345 g/mol. The molecule has 5 rings (SSSR count). The number of allylic oxidation sites excluding steroid dienone is 9. The number of hydrazine groups is 1. The molecule has 117 valence electrons. The van der Waals surface area contributed by atoms with Crippen molar-refractivity contribution in [3.8, 4) is 0 Å². The van der Waals surface area contributed by atoms with E-state index in [9.17, 15) is 0 Å². The Labute approximate surface area is 163 Å². The third-order valence-corrected chi connectivity index (χ3v) is 3.77. The van der Waals surface area contributed by atoms with Crippen molar-refractivity contribution in [2.45, 2.75) is 0 Å². The summed E-state index contributed by atoms with van der Waals surface area (Å²) in [4.78, 5) is 18.2. The van der Waals surface area contributed by atoms with Crippen LogP contribution in [0.1, 0.15) is 0 Å².